The van der Waals surface area contributed by atoms with Crippen LogP contribution in [-0.4, -0.2) is 6.04 Å². The van der Waals surface area contributed by atoms with Crippen LogP contribution in [0.5, 0.6) is 0 Å². The molecule has 0 heterocycles. The fourth-order valence-electron chi connectivity index (χ4n) is 2.62. The first-order chi connectivity index (χ1) is 8.29. The van der Waals surface area contributed by atoms with Crippen LogP contribution >= 0.6 is 0 Å². The van der Waals surface area contributed by atoms with Gasteiger partial charge in [0.05, 0.1) is 0 Å². The third-order valence-electron chi connectivity index (χ3n) is 4.10. The predicted octanol–water partition coefficient (Wildman–Crippen LogP) is 2.95. The summed E-state index contributed by atoms with van der Waals surface area (Å²) in [4.78, 5) is 0. The molecule has 0 radical (unpaired) electrons. The van der Waals surface area contributed by atoms with Crippen LogP contribution in [0.2, 0.25) is 0 Å². The van der Waals surface area contributed by atoms with Gasteiger partial charge in [0.1, 0.15) is 0 Å². The molecule has 0 saturated heterocycles. The predicted molar refractivity (Wildman–Crippen MR) is 72.6 cm³/mol. The van der Waals surface area contributed by atoms with E-state index in [-0.39, 0.29) is 0 Å². The number of hydrogen-bond donors (Lipinski definition) is 2. The Hall–Kier alpha value is -0.860. The molecule has 1 saturated carbocycles. The van der Waals surface area contributed by atoms with Crippen LogP contribution in [0.1, 0.15) is 43.2 Å². The van der Waals surface area contributed by atoms with E-state index in [0.29, 0.717) is 6.04 Å². The van der Waals surface area contributed by atoms with Crippen molar-refractivity contribution in [2.24, 2.45) is 11.8 Å². The Morgan fingerprint density at radius 2 is 2.12 bits per heavy atom. The number of nitrogens with one attached hydrogen (secondary N) is 1. The lowest BCUT2D eigenvalue weighted by molar-refractivity contribution is 0.255. The fourth-order valence-corrected chi connectivity index (χ4v) is 2.62. The van der Waals surface area contributed by atoms with E-state index in [4.69, 9.17) is 5.84 Å². The van der Waals surface area contributed by atoms with Gasteiger partial charge >= 0.3 is 0 Å². The van der Waals surface area contributed by atoms with Gasteiger partial charge in [0.2, 0.25) is 0 Å². The minimum atomic E-state index is 0.486. The minimum absolute atomic E-state index is 0.486. The van der Waals surface area contributed by atoms with Crippen LogP contribution in [0.3, 0.4) is 0 Å². The molecular formula is C15H24N2. The minimum Gasteiger partial charge on any atom is -0.271 e. The number of hydrazine groups is 1. The van der Waals surface area contributed by atoms with E-state index < -0.39 is 0 Å². The van der Waals surface area contributed by atoms with Gasteiger partial charge in [-0.1, -0.05) is 43.5 Å². The van der Waals surface area contributed by atoms with Crippen molar-refractivity contribution < 1.29 is 0 Å². The van der Waals surface area contributed by atoms with E-state index in [1.54, 1.807) is 0 Å². The largest absolute Gasteiger partial charge is 0.271 e. The Kier molecular flexibility index (Phi) is 4.57. The zero-order valence-electron chi connectivity index (χ0n) is 10.8. The van der Waals surface area contributed by atoms with Crippen LogP contribution in [-0.2, 0) is 6.42 Å². The molecule has 0 amide bonds. The average Bonchev–Trinajstić information content (AvgIpc) is 2.29. The Morgan fingerprint density at radius 3 is 2.71 bits per heavy atom. The molecule has 1 aromatic carbocycles. The second-order valence-electron chi connectivity index (χ2n) is 5.36. The Balaban J connectivity index is 1.80. The van der Waals surface area contributed by atoms with E-state index in [1.807, 2.05) is 0 Å². The molecule has 1 unspecified atom stereocenters. The number of hydrogen-bond acceptors (Lipinski definition) is 2. The lowest BCUT2D eigenvalue weighted by Gasteiger charge is -2.29. The molecule has 1 aromatic rings. The second kappa shape index (κ2) is 6.18. The van der Waals surface area contributed by atoms with Crippen LogP contribution in [0.25, 0.3) is 0 Å². The number of nitrogens with two attached hydrogens (primary N) is 1. The molecule has 1 aliphatic rings. The first-order valence-corrected chi connectivity index (χ1v) is 6.80. The van der Waals surface area contributed by atoms with Crippen molar-refractivity contribution in [1.29, 1.82) is 0 Å². The quantitative estimate of drug-likeness (QED) is 0.584. The summed E-state index contributed by atoms with van der Waals surface area (Å²) in [7, 11) is 0. The van der Waals surface area contributed by atoms with Gasteiger partial charge in [0.15, 0.2) is 0 Å². The van der Waals surface area contributed by atoms with Gasteiger partial charge in [-0.25, -0.2) is 0 Å². The van der Waals surface area contributed by atoms with Crippen molar-refractivity contribution in [3.05, 3.63) is 35.4 Å². The van der Waals surface area contributed by atoms with Crippen LogP contribution in [0.15, 0.2) is 24.3 Å². The summed E-state index contributed by atoms with van der Waals surface area (Å²) in [6.45, 7) is 2.19. The second-order valence-corrected chi connectivity index (χ2v) is 5.36. The summed E-state index contributed by atoms with van der Waals surface area (Å²) in [5.74, 6) is 6.58. The molecule has 1 atom stereocenters. The third-order valence-corrected chi connectivity index (χ3v) is 4.10. The summed E-state index contributed by atoms with van der Waals surface area (Å²) in [6, 6.07) is 9.13. The lowest BCUT2D eigenvalue weighted by Crippen LogP contribution is -2.38. The Bertz CT molecular complexity index is 345. The van der Waals surface area contributed by atoms with Crippen LogP contribution < -0.4 is 11.3 Å². The molecule has 3 N–H and O–H groups in total. The topological polar surface area (TPSA) is 38.0 Å². The number of benzene rings is 1. The monoisotopic (exact) mass is 232 g/mol. The van der Waals surface area contributed by atoms with Crippen LogP contribution in [0, 0.1) is 12.8 Å². The Morgan fingerprint density at radius 1 is 1.35 bits per heavy atom. The van der Waals surface area contributed by atoms with E-state index >= 15 is 0 Å². The van der Waals surface area contributed by atoms with Crippen LogP contribution in [0.4, 0.5) is 0 Å². The van der Waals surface area contributed by atoms with Gasteiger partial charge in [-0.05, 0) is 43.2 Å². The highest BCUT2D eigenvalue weighted by Gasteiger charge is 2.21. The Labute approximate surface area is 105 Å². The highest BCUT2D eigenvalue weighted by molar-refractivity contribution is 5.25. The molecule has 1 fully saturated rings. The van der Waals surface area contributed by atoms with E-state index in [9.17, 15) is 0 Å². The zero-order chi connectivity index (χ0) is 12.1. The SMILES string of the molecule is Cc1ccccc1CCC(CC1CCC1)NN. The van der Waals surface area contributed by atoms with Gasteiger partial charge in [-0.3, -0.25) is 11.3 Å². The summed E-state index contributed by atoms with van der Waals surface area (Å²) in [5, 5.41) is 0. The number of aryl methyl sites for hydroxylation is 2. The summed E-state index contributed by atoms with van der Waals surface area (Å²) < 4.78 is 0. The standard InChI is InChI=1S/C15H24N2/c1-12-5-2-3-8-14(12)9-10-15(17-16)11-13-6-4-7-13/h2-3,5,8,13,15,17H,4,6-7,9-11,16H2,1H3. The first kappa shape index (κ1) is 12.6. The van der Waals surface area contributed by atoms with Gasteiger partial charge in [0.25, 0.3) is 0 Å². The maximum Gasteiger partial charge on any atom is 0.0216 e. The molecule has 1 aliphatic carbocycles. The van der Waals surface area contributed by atoms with Crippen molar-refractivity contribution in [3.8, 4) is 0 Å². The summed E-state index contributed by atoms with van der Waals surface area (Å²) in [6.07, 6.45) is 7.76. The molecule has 0 bridgehead atoms. The van der Waals surface area contributed by atoms with E-state index in [0.717, 1.165) is 18.8 Å². The summed E-state index contributed by atoms with van der Waals surface area (Å²) >= 11 is 0. The zero-order valence-corrected chi connectivity index (χ0v) is 10.8. The third kappa shape index (κ3) is 3.55. The van der Waals surface area contributed by atoms with Crippen molar-refractivity contribution in [3.63, 3.8) is 0 Å². The van der Waals surface area contributed by atoms with Gasteiger partial charge in [-0.15, -0.1) is 0 Å². The maximum atomic E-state index is 5.65. The molecule has 2 heteroatoms. The van der Waals surface area contributed by atoms with Crippen molar-refractivity contribution in [2.75, 3.05) is 0 Å². The highest BCUT2D eigenvalue weighted by atomic mass is 15.2. The molecule has 2 nitrogen and oxygen atoms in total. The number of rotatable bonds is 6. The fraction of sp³-hybridized carbons (Fsp3) is 0.600. The van der Waals surface area contributed by atoms with Gasteiger partial charge in [-0.2, -0.15) is 0 Å². The average molecular weight is 232 g/mol. The normalized spacial score (nSPS) is 17.8. The summed E-state index contributed by atoms with van der Waals surface area (Å²) in [5.41, 5.74) is 5.85. The molecular weight excluding hydrogens is 208 g/mol. The van der Waals surface area contributed by atoms with Crippen molar-refractivity contribution >= 4 is 0 Å². The molecule has 2 rings (SSSR count). The van der Waals surface area contributed by atoms with Gasteiger partial charge in [0, 0.05) is 6.04 Å². The van der Waals surface area contributed by atoms with Gasteiger partial charge < -0.3 is 0 Å². The van der Waals surface area contributed by atoms with Crippen molar-refractivity contribution in [2.45, 2.75) is 51.5 Å². The lowest BCUT2D eigenvalue weighted by atomic mass is 9.80. The first-order valence-electron chi connectivity index (χ1n) is 6.80. The molecule has 0 aliphatic heterocycles. The molecule has 17 heavy (non-hydrogen) atoms. The van der Waals surface area contributed by atoms with E-state index in [2.05, 4.69) is 36.6 Å². The molecule has 0 aromatic heterocycles. The smallest absolute Gasteiger partial charge is 0.0216 e. The molecule has 0 spiro atoms. The van der Waals surface area contributed by atoms with Crippen molar-refractivity contribution in [1.82, 2.24) is 5.43 Å². The maximum absolute atomic E-state index is 5.65. The highest BCUT2D eigenvalue weighted by Crippen LogP contribution is 2.31. The molecule has 94 valence electrons. The van der Waals surface area contributed by atoms with E-state index in [1.165, 1.54) is 36.8 Å².